The van der Waals surface area contributed by atoms with Gasteiger partial charge in [0, 0.05) is 36.4 Å². The Labute approximate surface area is 115 Å². The van der Waals surface area contributed by atoms with Gasteiger partial charge in [0.1, 0.15) is 0 Å². The summed E-state index contributed by atoms with van der Waals surface area (Å²) in [5.41, 5.74) is 8.19. The lowest BCUT2D eigenvalue weighted by Gasteiger charge is -2.24. The lowest BCUT2D eigenvalue weighted by molar-refractivity contribution is 0.266. The van der Waals surface area contributed by atoms with Gasteiger partial charge in [-0.05, 0) is 37.7 Å². The summed E-state index contributed by atoms with van der Waals surface area (Å²) in [4.78, 5) is 4.71. The summed E-state index contributed by atoms with van der Waals surface area (Å²) in [6, 6.07) is 6.57. The lowest BCUT2D eigenvalue weighted by Crippen LogP contribution is -2.34. The normalized spacial score (nSPS) is 24.0. The average molecular weight is 268 g/mol. The van der Waals surface area contributed by atoms with Crippen LogP contribution in [0.2, 0.25) is 5.02 Å². The number of nitrogens with zero attached hydrogens (tertiary/aromatic N) is 2. The molecule has 1 fully saturated rings. The maximum Gasteiger partial charge on any atom is 0.0427 e. The topological polar surface area (TPSA) is 32.5 Å². The average Bonchev–Trinajstić information content (AvgIpc) is 2.71. The number of rotatable bonds is 3. The minimum atomic E-state index is 0.560. The van der Waals surface area contributed by atoms with Crippen molar-refractivity contribution in [1.29, 1.82) is 0 Å². The van der Waals surface area contributed by atoms with Crippen LogP contribution in [0.5, 0.6) is 0 Å². The third kappa shape index (κ3) is 2.63. The highest BCUT2D eigenvalue weighted by atomic mass is 35.5. The fourth-order valence-corrected chi connectivity index (χ4v) is 2.99. The third-order valence-electron chi connectivity index (χ3n) is 3.84. The van der Waals surface area contributed by atoms with E-state index in [4.69, 9.17) is 17.3 Å². The molecule has 0 spiro atoms. The van der Waals surface area contributed by atoms with Crippen LogP contribution in [-0.4, -0.2) is 38.1 Å². The fraction of sp³-hybridized carbons (Fsp3) is 0.571. The molecule has 2 rings (SSSR count). The summed E-state index contributed by atoms with van der Waals surface area (Å²) in [6.45, 7) is 4.97. The molecule has 1 aliphatic heterocycles. The van der Waals surface area contributed by atoms with E-state index in [2.05, 4.69) is 30.8 Å². The van der Waals surface area contributed by atoms with Crippen LogP contribution >= 0.6 is 11.6 Å². The van der Waals surface area contributed by atoms with E-state index in [9.17, 15) is 0 Å². The van der Waals surface area contributed by atoms with Gasteiger partial charge < -0.3 is 15.5 Å². The minimum absolute atomic E-state index is 0.560. The summed E-state index contributed by atoms with van der Waals surface area (Å²) in [7, 11) is 4.29. The molecule has 18 heavy (non-hydrogen) atoms. The number of nitrogens with two attached hydrogens (primary N) is 1. The molecule has 1 aliphatic rings. The lowest BCUT2D eigenvalue weighted by atomic mass is 10.1. The highest BCUT2D eigenvalue weighted by Crippen LogP contribution is 2.30. The number of hydrogen-bond acceptors (Lipinski definition) is 3. The summed E-state index contributed by atoms with van der Waals surface area (Å²) >= 11 is 6.11. The Kier molecular flexibility index (Phi) is 4.15. The van der Waals surface area contributed by atoms with Crippen LogP contribution in [0.15, 0.2) is 18.2 Å². The molecule has 0 saturated carbocycles. The van der Waals surface area contributed by atoms with Gasteiger partial charge in [0.2, 0.25) is 0 Å². The molecule has 2 N–H and O–H groups in total. The molecule has 1 heterocycles. The molecule has 4 heteroatoms. The molecule has 0 amide bonds. The largest absolute Gasteiger partial charge is 0.369 e. The Morgan fingerprint density at radius 3 is 2.67 bits per heavy atom. The van der Waals surface area contributed by atoms with E-state index in [0.717, 1.165) is 18.1 Å². The quantitative estimate of drug-likeness (QED) is 0.911. The van der Waals surface area contributed by atoms with Gasteiger partial charge in [-0.25, -0.2) is 0 Å². The van der Waals surface area contributed by atoms with E-state index < -0.39 is 0 Å². The maximum absolute atomic E-state index is 6.11. The van der Waals surface area contributed by atoms with Gasteiger partial charge >= 0.3 is 0 Å². The van der Waals surface area contributed by atoms with E-state index in [-0.39, 0.29) is 0 Å². The Bertz CT molecular complexity index is 420. The second-order valence-corrected chi connectivity index (χ2v) is 5.83. The minimum Gasteiger partial charge on any atom is -0.369 e. The summed E-state index contributed by atoms with van der Waals surface area (Å²) in [5, 5.41) is 0.781. The van der Waals surface area contributed by atoms with E-state index in [0.29, 0.717) is 18.5 Å². The number of halogens is 1. The molecule has 0 bridgehead atoms. The van der Waals surface area contributed by atoms with Crippen molar-refractivity contribution in [1.82, 2.24) is 4.90 Å². The van der Waals surface area contributed by atoms with Crippen molar-refractivity contribution in [2.75, 3.05) is 32.1 Å². The Hall–Kier alpha value is -0.770. The summed E-state index contributed by atoms with van der Waals surface area (Å²) < 4.78 is 0. The van der Waals surface area contributed by atoms with E-state index >= 15 is 0 Å². The van der Waals surface area contributed by atoms with Gasteiger partial charge in [-0.1, -0.05) is 24.6 Å². The van der Waals surface area contributed by atoms with Crippen molar-refractivity contribution in [2.45, 2.75) is 19.5 Å². The first-order valence-electron chi connectivity index (χ1n) is 6.42. The van der Waals surface area contributed by atoms with Crippen LogP contribution in [0.3, 0.4) is 0 Å². The standard InChI is InChI=1S/C14H22ClN3/c1-10-8-18(9-14(10)17(2)3)13-6-12(15)5-4-11(13)7-16/h4-6,10,14H,7-9,16H2,1-3H3. The van der Waals surface area contributed by atoms with Crippen LogP contribution in [0.25, 0.3) is 0 Å². The van der Waals surface area contributed by atoms with E-state index in [1.54, 1.807) is 0 Å². The van der Waals surface area contributed by atoms with Gasteiger partial charge in [0.05, 0.1) is 0 Å². The highest BCUT2D eigenvalue weighted by molar-refractivity contribution is 6.30. The summed E-state index contributed by atoms with van der Waals surface area (Å²) in [5.74, 6) is 0.657. The van der Waals surface area contributed by atoms with Crippen LogP contribution in [-0.2, 0) is 6.54 Å². The molecule has 3 nitrogen and oxygen atoms in total. The Morgan fingerprint density at radius 1 is 1.39 bits per heavy atom. The van der Waals surface area contributed by atoms with Crippen molar-refractivity contribution < 1.29 is 0 Å². The van der Waals surface area contributed by atoms with Crippen LogP contribution < -0.4 is 10.6 Å². The molecule has 1 aromatic rings. The molecule has 2 atom stereocenters. The predicted molar refractivity (Wildman–Crippen MR) is 78.2 cm³/mol. The SMILES string of the molecule is CC1CN(c2cc(Cl)ccc2CN)CC1N(C)C. The summed E-state index contributed by atoms with van der Waals surface area (Å²) in [6.07, 6.45) is 0. The third-order valence-corrected chi connectivity index (χ3v) is 4.08. The highest BCUT2D eigenvalue weighted by Gasteiger charge is 2.31. The predicted octanol–water partition coefficient (Wildman–Crippen LogP) is 2.19. The fourth-order valence-electron chi connectivity index (χ4n) is 2.82. The first-order chi connectivity index (χ1) is 8.52. The van der Waals surface area contributed by atoms with Gasteiger partial charge in [0.15, 0.2) is 0 Å². The second kappa shape index (κ2) is 5.47. The number of benzene rings is 1. The van der Waals surface area contributed by atoms with Gasteiger partial charge in [-0.15, -0.1) is 0 Å². The first-order valence-corrected chi connectivity index (χ1v) is 6.80. The zero-order valence-electron chi connectivity index (χ0n) is 11.4. The van der Waals surface area contributed by atoms with Crippen LogP contribution in [0.1, 0.15) is 12.5 Å². The molecule has 0 aliphatic carbocycles. The Morgan fingerprint density at radius 2 is 2.11 bits per heavy atom. The van der Waals surface area contributed by atoms with Crippen molar-refractivity contribution in [2.24, 2.45) is 11.7 Å². The van der Waals surface area contributed by atoms with Gasteiger partial charge in [0.25, 0.3) is 0 Å². The number of anilines is 1. The monoisotopic (exact) mass is 267 g/mol. The smallest absolute Gasteiger partial charge is 0.0427 e. The van der Waals surface area contributed by atoms with Crippen LogP contribution in [0, 0.1) is 5.92 Å². The molecular formula is C14H22ClN3. The zero-order chi connectivity index (χ0) is 13.3. The number of likely N-dealkylation sites (N-methyl/N-ethyl adjacent to an activating group) is 1. The molecular weight excluding hydrogens is 246 g/mol. The maximum atomic E-state index is 6.11. The van der Waals surface area contributed by atoms with Crippen molar-refractivity contribution in [3.63, 3.8) is 0 Å². The zero-order valence-corrected chi connectivity index (χ0v) is 12.1. The molecule has 1 saturated heterocycles. The van der Waals surface area contributed by atoms with Crippen LogP contribution in [0.4, 0.5) is 5.69 Å². The molecule has 0 aromatic heterocycles. The van der Waals surface area contributed by atoms with Gasteiger partial charge in [-0.3, -0.25) is 0 Å². The molecule has 100 valence electrons. The van der Waals surface area contributed by atoms with E-state index in [1.807, 2.05) is 18.2 Å². The Balaban J connectivity index is 2.25. The van der Waals surface area contributed by atoms with Crippen molar-refractivity contribution in [3.8, 4) is 0 Å². The van der Waals surface area contributed by atoms with E-state index in [1.165, 1.54) is 11.3 Å². The second-order valence-electron chi connectivity index (χ2n) is 5.39. The molecule has 0 radical (unpaired) electrons. The van der Waals surface area contributed by atoms with Crippen molar-refractivity contribution in [3.05, 3.63) is 28.8 Å². The first kappa shape index (κ1) is 13.7. The molecule has 2 unspecified atom stereocenters. The van der Waals surface area contributed by atoms with Gasteiger partial charge in [-0.2, -0.15) is 0 Å². The molecule has 1 aromatic carbocycles. The van der Waals surface area contributed by atoms with Crippen molar-refractivity contribution >= 4 is 17.3 Å². The number of hydrogen-bond donors (Lipinski definition) is 1.